The zero-order chi connectivity index (χ0) is 13.8. The molecule has 2 nitrogen and oxygen atoms in total. The van der Waals surface area contributed by atoms with Crippen LogP contribution in [0.2, 0.25) is 5.02 Å². The summed E-state index contributed by atoms with van der Waals surface area (Å²) in [5.41, 5.74) is 3.72. The summed E-state index contributed by atoms with van der Waals surface area (Å²) >= 11 is 9.64. The molecule has 0 aliphatic carbocycles. The quantitative estimate of drug-likeness (QED) is 0.866. The van der Waals surface area contributed by atoms with Gasteiger partial charge in [0.1, 0.15) is 0 Å². The van der Waals surface area contributed by atoms with Crippen molar-refractivity contribution in [3.63, 3.8) is 0 Å². The summed E-state index contributed by atoms with van der Waals surface area (Å²) in [5, 5.41) is 12.7. The molecule has 0 bridgehead atoms. The molecular formula is C15H12BrClN2. The summed E-state index contributed by atoms with van der Waals surface area (Å²) in [4.78, 5) is 0. The fourth-order valence-electron chi connectivity index (χ4n) is 1.72. The molecule has 0 spiro atoms. The third kappa shape index (κ3) is 3.50. The van der Waals surface area contributed by atoms with Gasteiger partial charge < -0.3 is 5.32 Å². The minimum atomic E-state index is 0.592. The van der Waals surface area contributed by atoms with Crippen molar-refractivity contribution < 1.29 is 0 Å². The number of aryl methyl sites for hydroxylation is 1. The topological polar surface area (TPSA) is 35.8 Å². The van der Waals surface area contributed by atoms with E-state index in [0.29, 0.717) is 17.1 Å². The van der Waals surface area contributed by atoms with Crippen molar-refractivity contribution in [1.82, 2.24) is 0 Å². The predicted octanol–water partition coefficient (Wildman–Crippen LogP) is 4.89. The number of nitrogens with zero attached hydrogens (tertiary/aromatic N) is 1. The SMILES string of the molecule is Cc1ccc(CNc2cc(C#N)ccc2Cl)c(Br)c1. The lowest BCUT2D eigenvalue weighted by molar-refractivity contribution is 1.13. The van der Waals surface area contributed by atoms with E-state index in [9.17, 15) is 0 Å². The van der Waals surface area contributed by atoms with Crippen molar-refractivity contribution in [2.75, 3.05) is 5.32 Å². The van der Waals surface area contributed by atoms with Crippen LogP contribution in [0.1, 0.15) is 16.7 Å². The van der Waals surface area contributed by atoms with Crippen LogP contribution < -0.4 is 5.32 Å². The highest BCUT2D eigenvalue weighted by molar-refractivity contribution is 9.10. The molecule has 4 heteroatoms. The molecule has 96 valence electrons. The Morgan fingerprint density at radius 1 is 1.26 bits per heavy atom. The zero-order valence-electron chi connectivity index (χ0n) is 10.4. The molecule has 0 saturated heterocycles. The number of anilines is 1. The van der Waals surface area contributed by atoms with Crippen molar-refractivity contribution in [2.24, 2.45) is 0 Å². The second kappa shape index (κ2) is 6.10. The molecule has 1 N–H and O–H groups in total. The Balaban J connectivity index is 2.16. The number of halogens is 2. The summed E-state index contributed by atoms with van der Waals surface area (Å²) in [6.07, 6.45) is 0. The summed E-state index contributed by atoms with van der Waals surface area (Å²) in [6, 6.07) is 13.5. The van der Waals surface area contributed by atoms with Gasteiger partial charge in [-0.2, -0.15) is 5.26 Å². The molecule has 2 rings (SSSR count). The van der Waals surface area contributed by atoms with Crippen LogP contribution in [0.4, 0.5) is 5.69 Å². The van der Waals surface area contributed by atoms with Gasteiger partial charge in [0, 0.05) is 11.0 Å². The number of hydrogen-bond donors (Lipinski definition) is 1. The fraction of sp³-hybridized carbons (Fsp3) is 0.133. The largest absolute Gasteiger partial charge is 0.380 e. The van der Waals surface area contributed by atoms with Crippen LogP contribution >= 0.6 is 27.5 Å². The van der Waals surface area contributed by atoms with Gasteiger partial charge in [0.05, 0.1) is 22.3 Å². The molecule has 0 aliphatic heterocycles. The van der Waals surface area contributed by atoms with Gasteiger partial charge in [-0.25, -0.2) is 0 Å². The van der Waals surface area contributed by atoms with E-state index in [0.717, 1.165) is 15.7 Å². The number of benzene rings is 2. The second-order valence-electron chi connectivity index (χ2n) is 4.25. The zero-order valence-corrected chi connectivity index (χ0v) is 12.7. The Labute approximate surface area is 126 Å². The van der Waals surface area contributed by atoms with Gasteiger partial charge in [-0.1, -0.05) is 39.7 Å². The molecule has 0 saturated carbocycles. The van der Waals surface area contributed by atoms with Gasteiger partial charge in [-0.05, 0) is 42.3 Å². The maximum absolute atomic E-state index is 8.88. The van der Waals surface area contributed by atoms with Gasteiger partial charge in [0.25, 0.3) is 0 Å². The van der Waals surface area contributed by atoms with Crippen LogP contribution in [0.5, 0.6) is 0 Å². The van der Waals surface area contributed by atoms with Crippen LogP contribution in [-0.2, 0) is 6.54 Å². The van der Waals surface area contributed by atoms with Crippen molar-refractivity contribution in [1.29, 1.82) is 5.26 Å². The van der Waals surface area contributed by atoms with Gasteiger partial charge >= 0.3 is 0 Å². The van der Waals surface area contributed by atoms with Gasteiger partial charge in [-0.15, -0.1) is 0 Å². The Morgan fingerprint density at radius 2 is 2.05 bits per heavy atom. The smallest absolute Gasteiger partial charge is 0.0992 e. The average Bonchev–Trinajstić information content (AvgIpc) is 2.39. The standard InChI is InChI=1S/C15H12BrClN2/c1-10-2-4-12(13(16)6-10)9-19-15-7-11(8-18)3-5-14(15)17/h2-7,19H,9H2,1H3. The first-order chi connectivity index (χ1) is 9.10. The third-order valence-electron chi connectivity index (χ3n) is 2.77. The highest BCUT2D eigenvalue weighted by atomic mass is 79.9. The minimum absolute atomic E-state index is 0.592. The molecule has 0 amide bonds. The van der Waals surface area contributed by atoms with Gasteiger partial charge in [0.2, 0.25) is 0 Å². The minimum Gasteiger partial charge on any atom is -0.380 e. The molecule has 2 aromatic rings. The average molecular weight is 336 g/mol. The van der Waals surface area contributed by atoms with Crippen LogP contribution in [0.3, 0.4) is 0 Å². The Kier molecular flexibility index (Phi) is 4.47. The molecule has 2 aromatic carbocycles. The summed E-state index contributed by atoms with van der Waals surface area (Å²) < 4.78 is 1.06. The van der Waals surface area contributed by atoms with Crippen LogP contribution in [0.25, 0.3) is 0 Å². The van der Waals surface area contributed by atoms with E-state index >= 15 is 0 Å². The van der Waals surface area contributed by atoms with Crippen LogP contribution in [0.15, 0.2) is 40.9 Å². The van der Waals surface area contributed by atoms with E-state index in [-0.39, 0.29) is 0 Å². The fourth-order valence-corrected chi connectivity index (χ4v) is 2.53. The molecule has 0 radical (unpaired) electrons. The Hall–Kier alpha value is -1.50. The van der Waals surface area contributed by atoms with Crippen LogP contribution in [-0.4, -0.2) is 0 Å². The molecule has 0 aliphatic rings. The molecule has 0 atom stereocenters. The van der Waals surface area contributed by atoms with E-state index in [4.69, 9.17) is 16.9 Å². The summed E-state index contributed by atoms with van der Waals surface area (Å²) in [7, 11) is 0. The monoisotopic (exact) mass is 334 g/mol. The normalized spacial score (nSPS) is 10.0. The Morgan fingerprint density at radius 3 is 2.74 bits per heavy atom. The van der Waals surface area contributed by atoms with E-state index in [2.05, 4.69) is 52.4 Å². The van der Waals surface area contributed by atoms with E-state index < -0.39 is 0 Å². The molecule has 0 unspecified atom stereocenters. The van der Waals surface area contributed by atoms with Crippen molar-refractivity contribution in [3.8, 4) is 6.07 Å². The number of nitrogens with one attached hydrogen (secondary N) is 1. The van der Waals surface area contributed by atoms with Gasteiger partial charge in [-0.3, -0.25) is 0 Å². The summed E-state index contributed by atoms with van der Waals surface area (Å²) in [5.74, 6) is 0. The second-order valence-corrected chi connectivity index (χ2v) is 5.52. The van der Waals surface area contributed by atoms with Crippen molar-refractivity contribution in [3.05, 3.63) is 62.6 Å². The van der Waals surface area contributed by atoms with E-state index in [1.165, 1.54) is 5.56 Å². The van der Waals surface area contributed by atoms with Gasteiger partial charge in [0.15, 0.2) is 0 Å². The molecule has 0 heterocycles. The lowest BCUT2D eigenvalue weighted by Crippen LogP contribution is -2.01. The first-order valence-electron chi connectivity index (χ1n) is 5.78. The lowest BCUT2D eigenvalue weighted by Gasteiger charge is -2.10. The maximum atomic E-state index is 8.88. The van der Waals surface area contributed by atoms with E-state index in [1.807, 2.05) is 0 Å². The van der Waals surface area contributed by atoms with Crippen LogP contribution in [0, 0.1) is 18.3 Å². The number of rotatable bonds is 3. The highest BCUT2D eigenvalue weighted by Gasteiger charge is 2.04. The predicted molar refractivity (Wildman–Crippen MR) is 82.4 cm³/mol. The van der Waals surface area contributed by atoms with Crippen molar-refractivity contribution in [2.45, 2.75) is 13.5 Å². The molecular weight excluding hydrogens is 324 g/mol. The number of hydrogen-bond acceptors (Lipinski definition) is 2. The molecule has 0 fully saturated rings. The van der Waals surface area contributed by atoms with Crippen molar-refractivity contribution >= 4 is 33.2 Å². The molecule has 19 heavy (non-hydrogen) atoms. The third-order valence-corrected chi connectivity index (χ3v) is 3.84. The van der Waals surface area contributed by atoms with E-state index in [1.54, 1.807) is 18.2 Å². The lowest BCUT2D eigenvalue weighted by atomic mass is 10.1. The first-order valence-corrected chi connectivity index (χ1v) is 6.96. The Bertz CT molecular complexity index is 647. The maximum Gasteiger partial charge on any atom is 0.0992 e. The number of nitriles is 1. The summed E-state index contributed by atoms with van der Waals surface area (Å²) in [6.45, 7) is 2.70. The highest BCUT2D eigenvalue weighted by Crippen LogP contribution is 2.25. The first kappa shape index (κ1) is 13.9. The molecule has 0 aromatic heterocycles.